The summed E-state index contributed by atoms with van der Waals surface area (Å²) in [5.74, 6) is 0.885. The minimum absolute atomic E-state index is 0.885. The number of para-hydroxylation sites is 1. The number of hydrogen-bond donors (Lipinski definition) is 0. The van der Waals surface area contributed by atoms with Gasteiger partial charge in [0, 0.05) is 11.9 Å². The number of rotatable bonds is 2. The van der Waals surface area contributed by atoms with E-state index in [4.69, 9.17) is 4.74 Å². The van der Waals surface area contributed by atoms with Crippen molar-refractivity contribution in [2.75, 3.05) is 0 Å². The number of fused-ring (bicyclic) bond motifs is 3. The lowest BCUT2D eigenvalue weighted by Gasteiger charge is -2.16. The molecule has 1 aromatic carbocycles. The summed E-state index contributed by atoms with van der Waals surface area (Å²) in [6, 6.07) is 9.99. The Labute approximate surface area is 127 Å². The van der Waals surface area contributed by atoms with Crippen LogP contribution in [0.2, 0.25) is 0 Å². The molecule has 0 aliphatic heterocycles. The zero-order valence-electron chi connectivity index (χ0n) is 12.1. The van der Waals surface area contributed by atoms with Gasteiger partial charge >= 0.3 is 0 Å². The Hall–Kier alpha value is -2.07. The van der Waals surface area contributed by atoms with Gasteiger partial charge in [-0.1, -0.05) is 18.2 Å². The molecule has 0 saturated heterocycles. The Bertz CT molecular complexity index is 802. The largest absolute Gasteiger partial charge is 0.446 e. The van der Waals surface area contributed by atoms with Gasteiger partial charge in [-0.25, -0.2) is 0 Å². The predicted molar refractivity (Wildman–Crippen MR) is 85.2 cm³/mol. The van der Waals surface area contributed by atoms with Crippen LogP contribution >= 0.6 is 11.3 Å². The van der Waals surface area contributed by atoms with E-state index < -0.39 is 0 Å². The minimum atomic E-state index is 0.885. The Morgan fingerprint density at radius 3 is 2.81 bits per heavy atom. The van der Waals surface area contributed by atoms with Crippen LogP contribution in [-0.4, -0.2) is 9.78 Å². The van der Waals surface area contributed by atoms with Gasteiger partial charge in [0.15, 0.2) is 5.06 Å². The van der Waals surface area contributed by atoms with Crippen LogP contribution in [0.4, 0.5) is 0 Å². The summed E-state index contributed by atoms with van der Waals surface area (Å²) >= 11 is 1.74. The Morgan fingerprint density at radius 1 is 1.19 bits per heavy atom. The van der Waals surface area contributed by atoms with Gasteiger partial charge < -0.3 is 4.74 Å². The van der Waals surface area contributed by atoms with Crippen LogP contribution in [0, 0.1) is 6.92 Å². The number of aryl methyl sites for hydroxylation is 3. The average molecular weight is 296 g/mol. The summed E-state index contributed by atoms with van der Waals surface area (Å²) < 4.78 is 8.13. The third-order valence-electron chi connectivity index (χ3n) is 4.03. The molecule has 0 bridgehead atoms. The van der Waals surface area contributed by atoms with E-state index in [9.17, 15) is 0 Å². The highest BCUT2D eigenvalue weighted by Crippen LogP contribution is 2.48. The topological polar surface area (TPSA) is 27.1 Å². The lowest BCUT2D eigenvalue weighted by molar-refractivity contribution is 0.497. The van der Waals surface area contributed by atoms with Crippen LogP contribution < -0.4 is 4.74 Å². The fraction of sp³-hybridized carbons (Fsp3) is 0.235. The highest BCUT2D eigenvalue weighted by atomic mass is 32.1. The molecule has 4 heteroatoms. The Balaban J connectivity index is 1.86. The number of thiophene rings is 1. The summed E-state index contributed by atoms with van der Waals surface area (Å²) in [4.78, 5) is 1.35. The van der Waals surface area contributed by atoms with Crippen molar-refractivity contribution in [2.45, 2.75) is 19.8 Å². The van der Waals surface area contributed by atoms with E-state index >= 15 is 0 Å². The molecule has 0 atom stereocenters. The number of ether oxygens (including phenoxy) is 1. The fourth-order valence-electron chi connectivity index (χ4n) is 3.01. The standard InChI is InChI=1S/C17H16N2OS/c1-11-14-9-8-12-10-18-19(2)16(12)15(14)17(21-11)20-13-6-4-3-5-7-13/h3-7,10H,8-9H2,1-2H3. The van der Waals surface area contributed by atoms with Gasteiger partial charge in [0.1, 0.15) is 5.75 Å². The lowest BCUT2D eigenvalue weighted by Crippen LogP contribution is -2.05. The summed E-state index contributed by atoms with van der Waals surface area (Å²) in [6.45, 7) is 2.18. The van der Waals surface area contributed by atoms with Gasteiger partial charge in [-0.05, 0) is 43.0 Å². The maximum atomic E-state index is 6.16. The molecule has 3 aromatic rings. The zero-order chi connectivity index (χ0) is 14.4. The molecule has 0 spiro atoms. The first-order valence-electron chi connectivity index (χ1n) is 7.10. The first kappa shape index (κ1) is 12.7. The van der Waals surface area contributed by atoms with Gasteiger partial charge in [-0.2, -0.15) is 5.10 Å². The van der Waals surface area contributed by atoms with E-state index in [0.717, 1.165) is 23.7 Å². The van der Waals surface area contributed by atoms with Gasteiger partial charge in [0.05, 0.1) is 17.5 Å². The Morgan fingerprint density at radius 2 is 2.00 bits per heavy atom. The molecule has 3 nitrogen and oxygen atoms in total. The van der Waals surface area contributed by atoms with Crippen molar-refractivity contribution in [2.24, 2.45) is 7.05 Å². The molecule has 1 aliphatic rings. The van der Waals surface area contributed by atoms with Gasteiger partial charge in [0.2, 0.25) is 0 Å². The second kappa shape index (κ2) is 4.74. The summed E-state index contributed by atoms with van der Waals surface area (Å²) in [5, 5.41) is 5.40. The molecule has 0 radical (unpaired) electrons. The maximum absolute atomic E-state index is 6.16. The smallest absolute Gasteiger partial charge is 0.190 e. The van der Waals surface area contributed by atoms with E-state index in [2.05, 4.69) is 12.0 Å². The average Bonchev–Trinajstić information content (AvgIpc) is 3.02. The molecule has 0 N–H and O–H groups in total. The minimum Gasteiger partial charge on any atom is -0.446 e. The second-order valence-electron chi connectivity index (χ2n) is 5.36. The summed E-state index contributed by atoms with van der Waals surface area (Å²) in [6.07, 6.45) is 4.13. The van der Waals surface area contributed by atoms with Crippen molar-refractivity contribution >= 4 is 11.3 Å². The van der Waals surface area contributed by atoms with Crippen molar-refractivity contribution < 1.29 is 4.74 Å². The van der Waals surface area contributed by atoms with Crippen molar-refractivity contribution in [3.63, 3.8) is 0 Å². The second-order valence-corrected chi connectivity index (χ2v) is 6.54. The third-order valence-corrected chi connectivity index (χ3v) is 5.05. The number of nitrogens with zero attached hydrogens (tertiary/aromatic N) is 2. The SMILES string of the molecule is Cc1sc(Oc2ccccc2)c2c1CCc1cnn(C)c1-2. The molecule has 2 aromatic heterocycles. The molecule has 0 saturated carbocycles. The highest BCUT2D eigenvalue weighted by Gasteiger charge is 2.27. The first-order valence-corrected chi connectivity index (χ1v) is 7.92. The molecular formula is C17H16N2OS. The van der Waals surface area contributed by atoms with Crippen LogP contribution in [0.25, 0.3) is 11.3 Å². The van der Waals surface area contributed by atoms with Gasteiger partial charge in [-0.3, -0.25) is 4.68 Å². The molecule has 0 unspecified atom stereocenters. The monoisotopic (exact) mass is 296 g/mol. The van der Waals surface area contributed by atoms with Crippen LogP contribution in [0.15, 0.2) is 36.5 Å². The van der Waals surface area contributed by atoms with Crippen LogP contribution in [0.1, 0.15) is 16.0 Å². The molecule has 0 fully saturated rings. The molecule has 0 amide bonds. The van der Waals surface area contributed by atoms with Gasteiger partial charge in [-0.15, -0.1) is 11.3 Å². The molecule has 1 aliphatic carbocycles. The first-order chi connectivity index (χ1) is 10.2. The van der Waals surface area contributed by atoms with Crippen molar-refractivity contribution in [3.05, 3.63) is 52.5 Å². The quantitative estimate of drug-likeness (QED) is 0.703. The maximum Gasteiger partial charge on any atom is 0.190 e. The van der Waals surface area contributed by atoms with Crippen LogP contribution in [-0.2, 0) is 19.9 Å². The van der Waals surface area contributed by atoms with E-state index in [1.807, 2.05) is 48.3 Å². The van der Waals surface area contributed by atoms with Gasteiger partial charge in [0.25, 0.3) is 0 Å². The highest BCUT2D eigenvalue weighted by molar-refractivity contribution is 7.14. The molecule has 106 valence electrons. The Kier molecular flexibility index (Phi) is 2.86. The van der Waals surface area contributed by atoms with Crippen molar-refractivity contribution in [3.8, 4) is 22.1 Å². The molecule has 4 rings (SSSR count). The lowest BCUT2D eigenvalue weighted by atomic mass is 9.92. The van der Waals surface area contributed by atoms with Crippen LogP contribution in [0.3, 0.4) is 0 Å². The normalized spacial score (nSPS) is 12.9. The fourth-order valence-corrected chi connectivity index (χ4v) is 4.07. The number of hydrogen-bond acceptors (Lipinski definition) is 3. The third kappa shape index (κ3) is 1.98. The van der Waals surface area contributed by atoms with Crippen LogP contribution in [0.5, 0.6) is 10.8 Å². The van der Waals surface area contributed by atoms with E-state index in [1.54, 1.807) is 11.3 Å². The molecular weight excluding hydrogens is 280 g/mol. The summed E-state index contributed by atoms with van der Waals surface area (Å²) in [5.41, 5.74) is 5.19. The molecule has 2 heterocycles. The van der Waals surface area contributed by atoms with E-state index in [1.165, 1.54) is 27.3 Å². The van der Waals surface area contributed by atoms with Crippen molar-refractivity contribution in [1.82, 2.24) is 9.78 Å². The van der Waals surface area contributed by atoms with E-state index in [-0.39, 0.29) is 0 Å². The van der Waals surface area contributed by atoms with Crippen molar-refractivity contribution in [1.29, 1.82) is 0 Å². The number of aromatic nitrogens is 2. The molecule has 21 heavy (non-hydrogen) atoms. The zero-order valence-corrected chi connectivity index (χ0v) is 12.9. The predicted octanol–water partition coefficient (Wildman–Crippen LogP) is 4.35. The van der Waals surface area contributed by atoms with E-state index in [0.29, 0.717) is 0 Å². The summed E-state index contributed by atoms with van der Waals surface area (Å²) in [7, 11) is 2.01. The number of benzene rings is 1.